The van der Waals surface area contributed by atoms with E-state index in [9.17, 15) is 14.3 Å². The second-order valence-electron chi connectivity index (χ2n) is 5.28. The smallest absolute Gasteiger partial charge is 0.321 e. The number of anilines is 1. The highest BCUT2D eigenvalue weighted by atomic mass is 19.1. The maximum absolute atomic E-state index is 13.0. The Bertz CT molecular complexity index is 463. The molecule has 104 valence electrons. The van der Waals surface area contributed by atoms with E-state index in [4.69, 9.17) is 0 Å². The van der Waals surface area contributed by atoms with Gasteiger partial charge in [-0.25, -0.2) is 9.18 Å². The Hall–Kier alpha value is -1.62. The molecular weight excluding hydrogens is 247 g/mol. The van der Waals surface area contributed by atoms with Gasteiger partial charge in [0.1, 0.15) is 5.82 Å². The fourth-order valence-electron chi connectivity index (χ4n) is 2.24. The fraction of sp³-hybridized carbons (Fsp3) is 0.500. The second kappa shape index (κ2) is 5.57. The lowest BCUT2D eigenvalue weighted by atomic mass is 9.98. The van der Waals surface area contributed by atoms with Crippen molar-refractivity contribution in [2.75, 3.05) is 18.4 Å². The lowest BCUT2D eigenvalue weighted by molar-refractivity contribution is 0.0458. The van der Waals surface area contributed by atoms with E-state index in [2.05, 4.69) is 5.32 Å². The number of nitrogens with one attached hydrogen (secondary N) is 1. The van der Waals surface area contributed by atoms with Gasteiger partial charge in [0, 0.05) is 18.8 Å². The van der Waals surface area contributed by atoms with Gasteiger partial charge >= 0.3 is 6.03 Å². The van der Waals surface area contributed by atoms with Gasteiger partial charge in [0.15, 0.2) is 0 Å². The van der Waals surface area contributed by atoms with Crippen LogP contribution >= 0.6 is 0 Å². The minimum atomic E-state index is -0.701. The maximum Gasteiger partial charge on any atom is 0.321 e. The lowest BCUT2D eigenvalue weighted by Crippen LogP contribution is -2.36. The summed E-state index contributed by atoms with van der Waals surface area (Å²) in [6, 6.07) is 5.57. The summed E-state index contributed by atoms with van der Waals surface area (Å²) in [7, 11) is 0. The summed E-state index contributed by atoms with van der Waals surface area (Å²) >= 11 is 0. The highest BCUT2D eigenvalue weighted by molar-refractivity contribution is 5.89. The number of amides is 2. The molecule has 0 saturated carbocycles. The fourth-order valence-corrected chi connectivity index (χ4v) is 2.24. The van der Waals surface area contributed by atoms with E-state index in [-0.39, 0.29) is 11.8 Å². The Morgan fingerprint density at radius 2 is 2.21 bits per heavy atom. The number of urea groups is 1. The van der Waals surface area contributed by atoms with Crippen LogP contribution in [0.5, 0.6) is 0 Å². The Balaban J connectivity index is 1.96. The van der Waals surface area contributed by atoms with Crippen molar-refractivity contribution in [3.05, 3.63) is 30.1 Å². The lowest BCUT2D eigenvalue weighted by Gasteiger charge is -2.22. The molecule has 1 aromatic rings. The van der Waals surface area contributed by atoms with Crippen LogP contribution in [0.15, 0.2) is 24.3 Å². The molecule has 1 atom stereocenters. The van der Waals surface area contributed by atoms with E-state index in [1.165, 1.54) is 12.1 Å². The molecule has 0 radical (unpaired) electrons. The first kappa shape index (κ1) is 13.8. The number of benzene rings is 1. The molecular formula is C14H19FN2O2. The number of carbonyl (C=O) groups excluding carboxylic acids is 1. The Labute approximate surface area is 112 Å². The maximum atomic E-state index is 13.0. The van der Waals surface area contributed by atoms with Gasteiger partial charge in [-0.15, -0.1) is 0 Å². The number of carbonyl (C=O) groups is 1. The van der Waals surface area contributed by atoms with E-state index in [1.54, 1.807) is 24.0 Å². The normalized spacial score (nSPS) is 23.8. The number of hydrogen-bond acceptors (Lipinski definition) is 2. The molecule has 2 rings (SSSR count). The summed E-state index contributed by atoms with van der Waals surface area (Å²) in [4.78, 5) is 13.7. The van der Waals surface area contributed by atoms with Crippen LogP contribution in [0, 0.1) is 5.82 Å². The quantitative estimate of drug-likeness (QED) is 0.821. The molecule has 1 aromatic carbocycles. The first-order valence-electron chi connectivity index (χ1n) is 6.50. The largest absolute Gasteiger partial charge is 0.390 e. The van der Waals surface area contributed by atoms with Crippen molar-refractivity contribution in [2.24, 2.45) is 0 Å². The molecule has 0 aliphatic carbocycles. The number of hydrogen-bond donors (Lipinski definition) is 2. The monoisotopic (exact) mass is 266 g/mol. The van der Waals surface area contributed by atoms with E-state index < -0.39 is 5.60 Å². The Kier molecular flexibility index (Phi) is 4.04. The van der Waals surface area contributed by atoms with Crippen molar-refractivity contribution in [1.82, 2.24) is 4.90 Å². The highest BCUT2D eigenvalue weighted by Gasteiger charge is 2.26. The molecule has 1 unspecified atom stereocenters. The molecule has 1 heterocycles. The van der Waals surface area contributed by atoms with Gasteiger partial charge in [-0.2, -0.15) is 0 Å². The molecule has 2 amide bonds. The van der Waals surface area contributed by atoms with Crippen molar-refractivity contribution in [1.29, 1.82) is 0 Å². The molecule has 1 aliphatic heterocycles. The second-order valence-corrected chi connectivity index (χ2v) is 5.28. The van der Waals surface area contributed by atoms with Crippen LogP contribution in [0.1, 0.15) is 26.2 Å². The van der Waals surface area contributed by atoms with Crippen LogP contribution in [0.25, 0.3) is 0 Å². The van der Waals surface area contributed by atoms with Gasteiger partial charge in [-0.05, 0) is 44.4 Å². The summed E-state index contributed by atoms with van der Waals surface area (Å²) in [5.41, 5.74) is -0.255. The molecule has 1 saturated heterocycles. The van der Waals surface area contributed by atoms with Gasteiger partial charge in [0.2, 0.25) is 0 Å². The molecule has 1 fully saturated rings. The number of halogens is 1. The molecule has 2 N–H and O–H groups in total. The molecule has 0 bridgehead atoms. The molecule has 5 heteroatoms. The Morgan fingerprint density at radius 1 is 1.42 bits per heavy atom. The summed E-state index contributed by atoms with van der Waals surface area (Å²) in [6.45, 7) is 2.91. The highest BCUT2D eigenvalue weighted by Crippen LogP contribution is 2.22. The zero-order chi connectivity index (χ0) is 13.9. The van der Waals surface area contributed by atoms with Gasteiger partial charge < -0.3 is 15.3 Å². The van der Waals surface area contributed by atoms with E-state index in [1.807, 2.05) is 0 Å². The van der Waals surface area contributed by atoms with Crippen LogP contribution in [0.4, 0.5) is 14.9 Å². The van der Waals surface area contributed by atoms with Gasteiger partial charge in [-0.1, -0.05) is 6.07 Å². The summed E-state index contributed by atoms with van der Waals surface area (Å²) < 4.78 is 13.0. The minimum Gasteiger partial charge on any atom is -0.390 e. The zero-order valence-electron chi connectivity index (χ0n) is 11.0. The molecule has 4 nitrogen and oxygen atoms in total. The van der Waals surface area contributed by atoms with E-state index in [0.717, 1.165) is 6.42 Å². The van der Waals surface area contributed by atoms with Gasteiger partial charge in [0.05, 0.1) is 5.60 Å². The third kappa shape index (κ3) is 3.92. The van der Waals surface area contributed by atoms with E-state index in [0.29, 0.717) is 31.6 Å². The SMILES string of the molecule is CC1(O)CCCN(C(=O)Nc2cccc(F)c2)CC1. The third-order valence-corrected chi connectivity index (χ3v) is 3.43. The number of nitrogens with zero attached hydrogens (tertiary/aromatic N) is 1. The minimum absolute atomic E-state index is 0.247. The van der Waals surface area contributed by atoms with Crippen LogP contribution in [0.2, 0.25) is 0 Å². The zero-order valence-corrected chi connectivity index (χ0v) is 11.0. The first-order valence-corrected chi connectivity index (χ1v) is 6.50. The van der Waals surface area contributed by atoms with Crippen molar-refractivity contribution >= 4 is 11.7 Å². The summed E-state index contributed by atoms with van der Waals surface area (Å²) in [5.74, 6) is -0.378. The average Bonchev–Trinajstić information content (AvgIpc) is 2.50. The van der Waals surface area contributed by atoms with Crippen LogP contribution in [-0.2, 0) is 0 Å². The predicted molar refractivity (Wildman–Crippen MR) is 71.5 cm³/mol. The van der Waals surface area contributed by atoms with Crippen LogP contribution in [0.3, 0.4) is 0 Å². The predicted octanol–water partition coefficient (Wildman–Crippen LogP) is 2.59. The van der Waals surface area contributed by atoms with E-state index >= 15 is 0 Å². The van der Waals surface area contributed by atoms with Crippen molar-refractivity contribution in [3.63, 3.8) is 0 Å². The average molecular weight is 266 g/mol. The first-order chi connectivity index (χ1) is 8.96. The van der Waals surface area contributed by atoms with Crippen LogP contribution < -0.4 is 5.32 Å². The molecule has 0 spiro atoms. The van der Waals surface area contributed by atoms with Crippen molar-refractivity contribution in [2.45, 2.75) is 31.8 Å². The topological polar surface area (TPSA) is 52.6 Å². The van der Waals surface area contributed by atoms with Gasteiger partial charge in [0.25, 0.3) is 0 Å². The van der Waals surface area contributed by atoms with Gasteiger partial charge in [-0.3, -0.25) is 0 Å². The molecule has 1 aliphatic rings. The molecule has 0 aromatic heterocycles. The standard InChI is InChI=1S/C14H19FN2O2/c1-14(19)6-3-8-17(9-7-14)13(18)16-12-5-2-4-11(15)10-12/h2,4-5,10,19H,3,6-9H2,1H3,(H,16,18). The number of likely N-dealkylation sites (tertiary alicyclic amines) is 1. The summed E-state index contributed by atoms with van der Waals surface area (Å²) in [5, 5.41) is 12.6. The van der Waals surface area contributed by atoms with Crippen molar-refractivity contribution in [3.8, 4) is 0 Å². The number of aliphatic hydroxyl groups is 1. The van der Waals surface area contributed by atoms with Crippen LogP contribution in [-0.4, -0.2) is 34.7 Å². The number of rotatable bonds is 1. The Morgan fingerprint density at radius 3 is 2.95 bits per heavy atom. The summed E-state index contributed by atoms with van der Waals surface area (Å²) in [6.07, 6.45) is 2.02. The van der Waals surface area contributed by atoms with Crippen molar-refractivity contribution < 1.29 is 14.3 Å². The molecule has 19 heavy (non-hydrogen) atoms. The third-order valence-electron chi connectivity index (χ3n) is 3.43.